The number of aliphatic hydroxyl groups is 1. The average molecular weight is 483 g/mol. The second-order valence-corrected chi connectivity index (χ2v) is 11.8. The molecule has 0 radical (unpaired) electrons. The molecule has 0 unspecified atom stereocenters. The van der Waals surface area contributed by atoms with Crippen molar-refractivity contribution in [3.05, 3.63) is 47.9 Å². The van der Waals surface area contributed by atoms with Gasteiger partial charge in [0.25, 0.3) is 10.0 Å². The van der Waals surface area contributed by atoms with E-state index >= 15 is 0 Å². The van der Waals surface area contributed by atoms with Gasteiger partial charge in [0.15, 0.2) is 5.03 Å². The zero-order valence-electron chi connectivity index (χ0n) is 19.8. The van der Waals surface area contributed by atoms with E-state index in [1.54, 1.807) is 22.1 Å². The quantitative estimate of drug-likeness (QED) is 0.678. The fourth-order valence-corrected chi connectivity index (χ4v) is 7.29. The molecular weight excluding hydrogens is 448 g/mol. The number of aliphatic hydroxyl groups excluding tert-OH is 1. The summed E-state index contributed by atoms with van der Waals surface area (Å²) < 4.78 is 29.9. The van der Waals surface area contributed by atoms with Gasteiger partial charge in [-0.1, -0.05) is 36.8 Å². The summed E-state index contributed by atoms with van der Waals surface area (Å²) in [5.74, 6) is 7.36. The fourth-order valence-electron chi connectivity index (χ4n) is 5.83. The van der Waals surface area contributed by atoms with Crippen LogP contribution in [0.1, 0.15) is 55.6 Å². The number of rotatable bonds is 4. The number of aryl methyl sites for hydroxylation is 1. The van der Waals surface area contributed by atoms with Crippen molar-refractivity contribution in [3.63, 3.8) is 0 Å². The van der Waals surface area contributed by atoms with E-state index in [1.165, 1.54) is 32.0 Å². The Morgan fingerprint density at radius 2 is 1.82 bits per heavy atom. The second kappa shape index (κ2) is 9.82. The molecule has 0 spiro atoms. The third-order valence-electron chi connectivity index (χ3n) is 7.69. The molecule has 3 fully saturated rings. The van der Waals surface area contributed by atoms with Crippen LogP contribution in [0.2, 0.25) is 0 Å². The van der Waals surface area contributed by atoms with Crippen LogP contribution in [-0.4, -0.2) is 70.6 Å². The first-order valence-corrected chi connectivity index (χ1v) is 13.9. The molecule has 182 valence electrons. The predicted molar refractivity (Wildman–Crippen MR) is 131 cm³/mol. The lowest BCUT2D eigenvalue weighted by Gasteiger charge is -2.57. The first-order valence-electron chi connectivity index (χ1n) is 12.4. The van der Waals surface area contributed by atoms with Crippen molar-refractivity contribution in [2.24, 2.45) is 13.0 Å². The van der Waals surface area contributed by atoms with Crippen molar-refractivity contribution in [2.45, 2.75) is 61.6 Å². The van der Waals surface area contributed by atoms with Crippen LogP contribution in [-0.2, 0) is 17.1 Å². The number of benzene rings is 1. The highest BCUT2D eigenvalue weighted by Crippen LogP contribution is 2.42. The number of hydrogen-bond acceptors (Lipinski definition) is 5. The summed E-state index contributed by atoms with van der Waals surface area (Å²) in [5.41, 5.74) is 2.16. The SMILES string of the molecule is Cn1cnc(S(=O)(=O)N2CCCCN3[C@H](CO)[C@@H](c4ccc(C#CC5CCCC5)cc4)[C@H]3C2)c1. The highest BCUT2D eigenvalue weighted by molar-refractivity contribution is 7.89. The van der Waals surface area contributed by atoms with Crippen molar-refractivity contribution >= 4 is 10.0 Å². The van der Waals surface area contributed by atoms with E-state index in [-0.39, 0.29) is 29.6 Å². The van der Waals surface area contributed by atoms with Gasteiger partial charge < -0.3 is 9.67 Å². The molecular formula is C26H34N4O3S. The average Bonchev–Trinajstić information content (AvgIpc) is 3.49. The lowest BCUT2D eigenvalue weighted by molar-refractivity contribution is -0.0554. The minimum Gasteiger partial charge on any atom is -0.395 e. The monoisotopic (exact) mass is 482 g/mol. The van der Waals surface area contributed by atoms with Crippen molar-refractivity contribution < 1.29 is 13.5 Å². The zero-order valence-corrected chi connectivity index (χ0v) is 20.6. The Bertz CT molecular complexity index is 1160. The molecule has 1 N–H and O–H groups in total. The van der Waals surface area contributed by atoms with E-state index in [0.29, 0.717) is 19.0 Å². The maximum atomic E-state index is 13.3. The Morgan fingerprint density at radius 1 is 1.09 bits per heavy atom. The molecule has 0 amide bonds. The van der Waals surface area contributed by atoms with Gasteiger partial charge in [-0.3, -0.25) is 4.90 Å². The smallest absolute Gasteiger partial charge is 0.262 e. The topological polar surface area (TPSA) is 78.7 Å². The van der Waals surface area contributed by atoms with Gasteiger partial charge in [-0.2, -0.15) is 4.31 Å². The number of hydrogen-bond donors (Lipinski definition) is 1. The van der Waals surface area contributed by atoms with E-state index in [1.807, 2.05) is 0 Å². The molecule has 5 rings (SSSR count). The molecule has 1 aromatic heterocycles. The molecule has 7 nitrogen and oxygen atoms in total. The van der Waals surface area contributed by atoms with Crippen molar-refractivity contribution in [1.29, 1.82) is 0 Å². The Labute approximate surface area is 202 Å². The van der Waals surface area contributed by atoms with Crippen LogP contribution in [0.15, 0.2) is 41.8 Å². The largest absolute Gasteiger partial charge is 0.395 e. The summed E-state index contributed by atoms with van der Waals surface area (Å²) in [6, 6.07) is 8.41. The van der Waals surface area contributed by atoms with Crippen molar-refractivity contribution in [1.82, 2.24) is 18.8 Å². The van der Waals surface area contributed by atoms with Gasteiger partial charge in [0, 0.05) is 55.8 Å². The molecule has 2 saturated heterocycles. The Balaban J connectivity index is 1.37. The summed E-state index contributed by atoms with van der Waals surface area (Å²) in [6.07, 6.45) is 9.78. The summed E-state index contributed by atoms with van der Waals surface area (Å²) in [7, 11) is -1.89. The Kier molecular flexibility index (Phi) is 6.81. The van der Waals surface area contributed by atoms with Crippen LogP contribution in [0.3, 0.4) is 0 Å². The third-order valence-corrected chi connectivity index (χ3v) is 9.44. The maximum Gasteiger partial charge on any atom is 0.262 e. The summed E-state index contributed by atoms with van der Waals surface area (Å²) in [4.78, 5) is 6.40. The maximum absolute atomic E-state index is 13.3. The lowest BCUT2D eigenvalue weighted by atomic mass is 9.74. The highest BCUT2D eigenvalue weighted by Gasteiger charge is 2.50. The molecule has 34 heavy (non-hydrogen) atoms. The van der Waals surface area contributed by atoms with Crippen LogP contribution in [0.4, 0.5) is 0 Å². The van der Waals surface area contributed by atoms with Gasteiger partial charge in [-0.15, -0.1) is 0 Å². The van der Waals surface area contributed by atoms with E-state index in [0.717, 1.165) is 30.5 Å². The van der Waals surface area contributed by atoms with Gasteiger partial charge in [-0.05, 0) is 49.9 Å². The Hall–Kier alpha value is -2.18. The van der Waals surface area contributed by atoms with Gasteiger partial charge in [0.2, 0.25) is 0 Å². The second-order valence-electron chi connectivity index (χ2n) is 9.90. The Morgan fingerprint density at radius 3 is 2.50 bits per heavy atom. The summed E-state index contributed by atoms with van der Waals surface area (Å²) in [5, 5.41) is 10.3. The first-order chi connectivity index (χ1) is 16.5. The highest BCUT2D eigenvalue weighted by atomic mass is 32.2. The fraction of sp³-hybridized carbons (Fsp3) is 0.577. The number of sulfonamides is 1. The molecule has 1 saturated carbocycles. The molecule has 2 aliphatic heterocycles. The molecule has 1 aromatic carbocycles. The van der Waals surface area contributed by atoms with Crippen LogP contribution in [0.25, 0.3) is 0 Å². The summed E-state index contributed by atoms with van der Waals surface area (Å²) >= 11 is 0. The lowest BCUT2D eigenvalue weighted by Crippen LogP contribution is -2.67. The molecule has 3 atom stereocenters. The van der Waals surface area contributed by atoms with Crippen molar-refractivity contribution in [2.75, 3.05) is 26.2 Å². The number of aromatic nitrogens is 2. The van der Waals surface area contributed by atoms with E-state index in [4.69, 9.17) is 0 Å². The third kappa shape index (κ3) is 4.55. The molecule has 0 bridgehead atoms. The predicted octanol–water partition coefficient (Wildman–Crippen LogP) is 2.58. The van der Waals surface area contributed by atoms with E-state index in [2.05, 4.69) is 46.0 Å². The zero-order chi connectivity index (χ0) is 23.7. The van der Waals surface area contributed by atoms with Gasteiger partial charge >= 0.3 is 0 Å². The summed E-state index contributed by atoms with van der Waals surface area (Å²) in [6.45, 7) is 1.85. The van der Waals surface area contributed by atoms with Crippen LogP contribution >= 0.6 is 0 Å². The molecule has 3 aliphatic rings. The first kappa shape index (κ1) is 23.6. The van der Waals surface area contributed by atoms with E-state index in [9.17, 15) is 13.5 Å². The normalized spacial score (nSPS) is 26.7. The standard InChI is InChI=1S/C26H34N4O3S/c1-28-17-25(27-19-28)34(32,33)29-14-4-5-15-30-23(16-29)26(24(30)18-31)22-12-10-21(11-13-22)9-8-20-6-2-3-7-20/h10-13,17,19-20,23-24,26,31H,2-7,14-16,18H2,1H3/t23-,24-,26+/m1/s1. The minimum absolute atomic E-state index is 0.0120. The molecule has 1 aliphatic carbocycles. The molecule has 2 aromatic rings. The van der Waals surface area contributed by atoms with Crippen LogP contribution in [0, 0.1) is 17.8 Å². The number of nitrogens with zero attached hydrogens (tertiary/aromatic N) is 4. The number of fused-ring (bicyclic) bond motifs is 1. The van der Waals surface area contributed by atoms with Gasteiger partial charge in [-0.25, -0.2) is 13.4 Å². The van der Waals surface area contributed by atoms with Gasteiger partial charge in [0.1, 0.15) is 0 Å². The molecule has 8 heteroatoms. The van der Waals surface area contributed by atoms with Gasteiger partial charge in [0.05, 0.1) is 12.9 Å². The van der Waals surface area contributed by atoms with Crippen LogP contribution < -0.4 is 0 Å². The molecule has 3 heterocycles. The van der Waals surface area contributed by atoms with E-state index < -0.39 is 10.0 Å². The number of imidazole rings is 1. The van der Waals surface area contributed by atoms with Crippen LogP contribution in [0.5, 0.6) is 0 Å². The minimum atomic E-state index is -3.66. The van der Waals surface area contributed by atoms with Crippen molar-refractivity contribution in [3.8, 4) is 11.8 Å².